The van der Waals surface area contributed by atoms with Gasteiger partial charge < -0.3 is 14.2 Å². The van der Waals surface area contributed by atoms with E-state index >= 15 is 0 Å². The van der Waals surface area contributed by atoms with Gasteiger partial charge in [0.15, 0.2) is 5.58 Å². The number of aromatic nitrogens is 1. The topological polar surface area (TPSA) is 55.6 Å². The van der Waals surface area contributed by atoms with Crippen molar-refractivity contribution in [2.75, 3.05) is 26.2 Å². The predicted octanol–water partition coefficient (Wildman–Crippen LogP) is 6.61. The van der Waals surface area contributed by atoms with Crippen molar-refractivity contribution in [2.24, 2.45) is 0 Å². The molecule has 3 rings (SSSR count). The molecule has 0 aliphatic carbocycles. The standard InChI is InChI=1S/C26H39FN2O3/c1-2-3-4-5-6-7-8-11-25(30)31-19-10-9-16-29-17-14-21(15-18-29)26-23-13-12-22(27)20-24(23)32-28-26/h12-13,20-21H,2-11,14-19H2,1H3. The third-order valence-electron chi connectivity index (χ3n) is 6.55. The monoisotopic (exact) mass is 446 g/mol. The second-order valence-electron chi connectivity index (χ2n) is 9.12. The minimum atomic E-state index is -0.293. The van der Waals surface area contributed by atoms with Crippen molar-refractivity contribution in [3.63, 3.8) is 0 Å². The molecule has 0 atom stereocenters. The number of carbonyl (C=O) groups excluding carboxylic acids is 1. The lowest BCUT2D eigenvalue weighted by molar-refractivity contribution is -0.143. The van der Waals surface area contributed by atoms with Crippen molar-refractivity contribution in [3.8, 4) is 0 Å². The highest BCUT2D eigenvalue weighted by molar-refractivity contribution is 5.79. The highest BCUT2D eigenvalue weighted by atomic mass is 19.1. The molecule has 1 saturated heterocycles. The zero-order valence-electron chi connectivity index (χ0n) is 19.6. The zero-order valence-corrected chi connectivity index (χ0v) is 19.6. The number of rotatable bonds is 14. The van der Waals surface area contributed by atoms with E-state index in [2.05, 4.69) is 17.0 Å². The zero-order chi connectivity index (χ0) is 22.6. The Hall–Kier alpha value is -1.95. The second-order valence-corrected chi connectivity index (χ2v) is 9.12. The van der Waals surface area contributed by atoms with Crippen LogP contribution >= 0.6 is 0 Å². The number of nitrogens with zero attached hydrogens (tertiary/aromatic N) is 2. The van der Waals surface area contributed by atoms with E-state index in [4.69, 9.17) is 9.26 Å². The number of unbranched alkanes of at least 4 members (excludes halogenated alkanes) is 7. The summed E-state index contributed by atoms with van der Waals surface area (Å²) in [6, 6.07) is 4.65. The molecule has 0 bridgehead atoms. The molecule has 2 heterocycles. The lowest BCUT2D eigenvalue weighted by Gasteiger charge is -2.31. The fourth-order valence-corrected chi connectivity index (χ4v) is 4.58. The van der Waals surface area contributed by atoms with Crippen molar-refractivity contribution < 1.29 is 18.4 Å². The van der Waals surface area contributed by atoms with Crippen LogP contribution in [-0.4, -0.2) is 42.3 Å². The number of piperidine rings is 1. The van der Waals surface area contributed by atoms with Gasteiger partial charge in [0, 0.05) is 23.8 Å². The summed E-state index contributed by atoms with van der Waals surface area (Å²) >= 11 is 0. The van der Waals surface area contributed by atoms with Crippen LogP contribution < -0.4 is 0 Å². The summed E-state index contributed by atoms with van der Waals surface area (Å²) in [6.45, 7) is 5.85. The van der Waals surface area contributed by atoms with Gasteiger partial charge in [-0.15, -0.1) is 0 Å². The Labute approximate surface area is 191 Å². The van der Waals surface area contributed by atoms with Gasteiger partial charge in [0.25, 0.3) is 0 Å². The first-order valence-electron chi connectivity index (χ1n) is 12.6. The van der Waals surface area contributed by atoms with Gasteiger partial charge in [0.05, 0.1) is 12.3 Å². The fraction of sp³-hybridized carbons (Fsp3) is 0.692. The predicted molar refractivity (Wildman–Crippen MR) is 125 cm³/mol. The van der Waals surface area contributed by atoms with Gasteiger partial charge in [-0.1, -0.05) is 50.6 Å². The average molecular weight is 447 g/mol. The number of likely N-dealkylation sites (tertiary alicyclic amines) is 1. The normalized spacial score (nSPS) is 15.4. The molecule has 1 aromatic heterocycles. The Morgan fingerprint density at radius 2 is 1.84 bits per heavy atom. The molecule has 6 heteroatoms. The number of halogens is 1. The molecule has 1 aliphatic heterocycles. The molecule has 32 heavy (non-hydrogen) atoms. The molecule has 5 nitrogen and oxygen atoms in total. The molecular formula is C26H39FN2O3. The summed E-state index contributed by atoms with van der Waals surface area (Å²) in [5, 5.41) is 5.16. The highest BCUT2D eigenvalue weighted by Gasteiger charge is 2.24. The molecule has 1 fully saturated rings. The van der Waals surface area contributed by atoms with Crippen molar-refractivity contribution in [1.82, 2.24) is 10.1 Å². The third-order valence-corrected chi connectivity index (χ3v) is 6.55. The number of hydrogen-bond acceptors (Lipinski definition) is 5. The van der Waals surface area contributed by atoms with Crippen LogP contribution in [0.4, 0.5) is 4.39 Å². The van der Waals surface area contributed by atoms with E-state index in [9.17, 15) is 9.18 Å². The summed E-state index contributed by atoms with van der Waals surface area (Å²) in [6.07, 6.45) is 13.1. The summed E-state index contributed by atoms with van der Waals surface area (Å²) in [5.41, 5.74) is 1.50. The first kappa shape index (κ1) is 24.7. The van der Waals surface area contributed by atoms with Crippen LogP contribution in [0, 0.1) is 5.82 Å². The Morgan fingerprint density at radius 3 is 2.62 bits per heavy atom. The molecule has 0 unspecified atom stereocenters. The SMILES string of the molecule is CCCCCCCCCC(=O)OCCCCN1CCC(c2noc3cc(F)ccc23)CC1. The van der Waals surface area contributed by atoms with Gasteiger partial charge in [-0.2, -0.15) is 0 Å². The maximum Gasteiger partial charge on any atom is 0.305 e. The fourth-order valence-electron chi connectivity index (χ4n) is 4.58. The second kappa shape index (κ2) is 13.6. The van der Waals surface area contributed by atoms with Crippen LogP contribution in [0.3, 0.4) is 0 Å². The molecule has 0 N–H and O–H groups in total. The first-order chi connectivity index (χ1) is 15.7. The van der Waals surface area contributed by atoms with Gasteiger partial charge in [0.2, 0.25) is 0 Å². The van der Waals surface area contributed by atoms with Crippen LogP contribution in [0.15, 0.2) is 22.7 Å². The Bertz CT molecular complexity index is 815. The molecule has 1 aliphatic rings. The summed E-state index contributed by atoms with van der Waals surface area (Å²) < 4.78 is 24.1. The summed E-state index contributed by atoms with van der Waals surface area (Å²) in [7, 11) is 0. The van der Waals surface area contributed by atoms with Crippen LogP contribution in [0.2, 0.25) is 0 Å². The van der Waals surface area contributed by atoms with Gasteiger partial charge >= 0.3 is 5.97 Å². The molecule has 178 valence electrons. The van der Waals surface area contributed by atoms with Gasteiger partial charge in [-0.05, 0) is 63.9 Å². The quantitative estimate of drug-likeness (QED) is 0.241. The molecule has 0 radical (unpaired) electrons. The summed E-state index contributed by atoms with van der Waals surface area (Å²) in [4.78, 5) is 14.3. The van der Waals surface area contributed by atoms with Gasteiger partial charge in [0.1, 0.15) is 5.82 Å². The Balaban J connectivity index is 1.22. The van der Waals surface area contributed by atoms with Crippen LogP contribution in [0.5, 0.6) is 0 Å². The molecule has 2 aromatic rings. The number of benzene rings is 1. The van der Waals surface area contributed by atoms with Crippen molar-refractivity contribution in [2.45, 2.75) is 89.9 Å². The third kappa shape index (κ3) is 7.88. The molecular weight excluding hydrogens is 407 g/mol. The number of fused-ring (bicyclic) bond motifs is 1. The largest absolute Gasteiger partial charge is 0.466 e. The van der Waals surface area contributed by atoms with Gasteiger partial charge in [-0.3, -0.25) is 4.79 Å². The maximum atomic E-state index is 13.4. The van der Waals surface area contributed by atoms with Crippen LogP contribution in [0.1, 0.15) is 95.6 Å². The Morgan fingerprint density at radius 1 is 1.09 bits per heavy atom. The first-order valence-corrected chi connectivity index (χ1v) is 12.6. The summed E-state index contributed by atoms with van der Waals surface area (Å²) in [5.74, 6) is 0.0307. The average Bonchev–Trinajstić information content (AvgIpc) is 3.21. The minimum absolute atomic E-state index is 0.0425. The lowest BCUT2D eigenvalue weighted by Crippen LogP contribution is -2.33. The van der Waals surface area contributed by atoms with E-state index in [1.54, 1.807) is 6.07 Å². The Kier molecular flexibility index (Phi) is 10.5. The molecule has 1 aromatic carbocycles. The van der Waals surface area contributed by atoms with Crippen molar-refractivity contribution in [1.29, 1.82) is 0 Å². The van der Waals surface area contributed by atoms with E-state index in [-0.39, 0.29) is 11.8 Å². The number of esters is 1. The van der Waals surface area contributed by atoms with E-state index in [0.717, 1.165) is 69.2 Å². The van der Waals surface area contributed by atoms with Crippen LogP contribution in [-0.2, 0) is 9.53 Å². The highest BCUT2D eigenvalue weighted by Crippen LogP contribution is 2.32. The maximum absolute atomic E-state index is 13.4. The molecule has 0 saturated carbocycles. The van der Waals surface area contributed by atoms with E-state index in [1.807, 2.05) is 0 Å². The number of carbonyl (C=O) groups is 1. The van der Waals surface area contributed by atoms with E-state index < -0.39 is 0 Å². The minimum Gasteiger partial charge on any atom is -0.466 e. The van der Waals surface area contributed by atoms with Crippen LogP contribution in [0.25, 0.3) is 11.0 Å². The number of hydrogen-bond donors (Lipinski definition) is 0. The number of ether oxygens (including phenoxy) is 1. The smallest absolute Gasteiger partial charge is 0.305 e. The van der Waals surface area contributed by atoms with Gasteiger partial charge in [-0.25, -0.2) is 4.39 Å². The van der Waals surface area contributed by atoms with Crippen molar-refractivity contribution >= 4 is 16.9 Å². The lowest BCUT2D eigenvalue weighted by atomic mass is 9.91. The molecule has 0 spiro atoms. The van der Waals surface area contributed by atoms with E-state index in [0.29, 0.717) is 24.5 Å². The van der Waals surface area contributed by atoms with E-state index in [1.165, 1.54) is 44.2 Å². The molecule has 0 amide bonds. The van der Waals surface area contributed by atoms with Crippen molar-refractivity contribution in [3.05, 3.63) is 29.7 Å².